The van der Waals surface area contributed by atoms with Gasteiger partial charge in [0, 0.05) is 11.0 Å². The predicted octanol–water partition coefficient (Wildman–Crippen LogP) is 3.03. The van der Waals surface area contributed by atoms with Gasteiger partial charge in [-0.15, -0.1) is 11.3 Å². The van der Waals surface area contributed by atoms with E-state index in [0.29, 0.717) is 11.7 Å². The van der Waals surface area contributed by atoms with Crippen LogP contribution in [-0.2, 0) is 5.54 Å². The van der Waals surface area contributed by atoms with Gasteiger partial charge in [0.1, 0.15) is 0 Å². The third-order valence-corrected chi connectivity index (χ3v) is 4.15. The maximum Gasteiger partial charge on any atom is 0.250 e. The maximum absolute atomic E-state index is 6.28. The van der Waals surface area contributed by atoms with Crippen LogP contribution in [-0.4, -0.2) is 10.1 Å². The second-order valence-corrected chi connectivity index (χ2v) is 5.65. The monoisotopic (exact) mass is 261 g/mol. The van der Waals surface area contributed by atoms with Gasteiger partial charge in [-0.3, -0.25) is 0 Å². The number of hydrogen-bond donors (Lipinski definition) is 1. The van der Waals surface area contributed by atoms with Crippen molar-refractivity contribution in [1.29, 1.82) is 0 Å². The summed E-state index contributed by atoms with van der Waals surface area (Å²) in [5.74, 6) is 1.17. The summed E-state index contributed by atoms with van der Waals surface area (Å²) in [6, 6.07) is 4.05. The van der Waals surface area contributed by atoms with Gasteiger partial charge in [-0.05, 0) is 30.4 Å². The molecule has 2 N–H and O–H groups in total. The highest BCUT2D eigenvalue weighted by Gasteiger charge is 2.35. The predicted molar refractivity (Wildman–Crippen MR) is 71.9 cm³/mol. The normalized spacial score (nSPS) is 18.7. The summed E-state index contributed by atoms with van der Waals surface area (Å²) in [6.07, 6.45) is 7.98. The molecule has 1 aliphatic rings. The molecule has 0 saturated heterocycles. The Hall–Kier alpha value is -1.46. The van der Waals surface area contributed by atoms with E-state index < -0.39 is 0 Å². The Morgan fingerprint density at radius 2 is 2.17 bits per heavy atom. The van der Waals surface area contributed by atoms with Crippen molar-refractivity contribution in [2.24, 2.45) is 5.73 Å². The molecule has 0 aromatic carbocycles. The molecule has 94 valence electrons. The Morgan fingerprint density at radius 3 is 2.89 bits per heavy atom. The van der Waals surface area contributed by atoms with Gasteiger partial charge in [0.25, 0.3) is 5.89 Å². The molecule has 1 fully saturated rings. The first kappa shape index (κ1) is 11.6. The van der Waals surface area contributed by atoms with E-state index in [1.54, 1.807) is 11.3 Å². The van der Waals surface area contributed by atoms with Crippen molar-refractivity contribution in [2.45, 2.75) is 31.2 Å². The molecular weight excluding hydrogens is 246 g/mol. The van der Waals surface area contributed by atoms with E-state index in [2.05, 4.69) is 10.1 Å². The van der Waals surface area contributed by atoms with Crippen molar-refractivity contribution < 1.29 is 4.52 Å². The lowest BCUT2D eigenvalue weighted by molar-refractivity contribution is 0.364. The average molecular weight is 261 g/mol. The van der Waals surface area contributed by atoms with Gasteiger partial charge in [-0.25, -0.2) is 0 Å². The lowest BCUT2D eigenvalue weighted by Crippen LogP contribution is -2.34. The molecule has 5 heteroatoms. The molecule has 0 unspecified atom stereocenters. The van der Waals surface area contributed by atoms with Gasteiger partial charge in [-0.1, -0.05) is 24.1 Å². The van der Waals surface area contributed by atoms with E-state index in [4.69, 9.17) is 10.3 Å². The van der Waals surface area contributed by atoms with Crippen LogP contribution < -0.4 is 5.73 Å². The molecule has 0 radical (unpaired) electrons. The molecule has 2 aromatic heterocycles. The molecule has 1 aliphatic carbocycles. The van der Waals surface area contributed by atoms with Crippen LogP contribution in [0, 0.1) is 0 Å². The number of thiophene rings is 1. The Bertz CT molecular complexity index is 538. The second kappa shape index (κ2) is 4.66. The topological polar surface area (TPSA) is 64.9 Å². The van der Waals surface area contributed by atoms with Gasteiger partial charge >= 0.3 is 0 Å². The largest absolute Gasteiger partial charge is 0.335 e. The summed E-state index contributed by atoms with van der Waals surface area (Å²) in [6.45, 7) is 0. The fourth-order valence-electron chi connectivity index (χ4n) is 2.27. The van der Waals surface area contributed by atoms with Crippen molar-refractivity contribution in [3.8, 4) is 0 Å². The van der Waals surface area contributed by atoms with Crippen LogP contribution in [0.2, 0.25) is 0 Å². The van der Waals surface area contributed by atoms with Crippen molar-refractivity contribution in [2.75, 3.05) is 0 Å². The van der Waals surface area contributed by atoms with Gasteiger partial charge in [0.15, 0.2) is 5.82 Å². The molecule has 0 spiro atoms. The second-order valence-electron chi connectivity index (χ2n) is 4.67. The van der Waals surface area contributed by atoms with Crippen LogP contribution in [0.3, 0.4) is 0 Å². The molecule has 4 nitrogen and oxygen atoms in total. The highest BCUT2D eigenvalue weighted by molar-refractivity contribution is 7.10. The number of hydrogen-bond acceptors (Lipinski definition) is 5. The Kier molecular flexibility index (Phi) is 3.01. The lowest BCUT2D eigenvalue weighted by Gasteiger charge is -2.17. The summed E-state index contributed by atoms with van der Waals surface area (Å²) in [4.78, 5) is 5.54. The molecule has 0 amide bonds. The first-order valence-electron chi connectivity index (χ1n) is 6.11. The third kappa shape index (κ3) is 2.23. The van der Waals surface area contributed by atoms with Crippen molar-refractivity contribution >= 4 is 23.5 Å². The van der Waals surface area contributed by atoms with E-state index in [1.807, 2.05) is 29.7 Å². The molecule has 2 aromatic rings. The number of nitrogens with zero attached hydrogens (tertiary/aromatic N) is 2. The first-order valence-corrected chi connectivity index (χ1v) is 6.99. The van der Waals surface area contributed by atoms with E-state index in [0.717, 1.165) is 30.6 Å². The fraction of sp³-hybridized carbons (Fsp3) is 0.385. The highest BCUT2D eigenvalue weighted by atomic mass is 32.1. The lowest BCUT2D eigenvalue weighted by atomic mass is 9.99. The van der Waals surface area contributed by atoms with Crippen LogP contribution >= 0.6 is 11.3 Å². The standard InChI is InChI=1S/C13H15N3OS/c14-13(7-1-2-8-13)12-15-11(17-16-12)6-5-10-4-3-9-18-10/h3-6,9H,1-2,7-8,14H2/b6-5+. The molecule has 2 heterocycles. The maximum atomic E-state index is 6.28. The minimum Gasteiger partial charge on any atom is -0.335 e. The summed E-state index contributed by atoms with van der Waals surface area (Å²) < 4.78 is 5.22. The minimum absolute atomic E-state index is 0.376. The Morgan fingerprint density at radius 1 is 1.33 bits per heavy atom. The zero-order valence-corrected chi connectivity index (χ0v) is 10.8. The van der Waals surface area contributed by atoms with Crippen LogP contribution in [0.4, 0.5) is 0 Å². The molecule has 0 bridgehead atoms. The van der Waals surface area contributed by atoms with E-state index in [-0.39, 0.29) is 5.54 Å². The molecular formula is C13H15N3OS. The minimum atomic E-state index is -0.376. The van der Waals surface area contributed by atoms with E-state index in [1.165, 1.54) is 0 Å². The molecule has 1 saturated carbocycles. The third-order valence-electron chi connectivity index (χ3n) is 3.32. The van der Waals surface area contributed by atoms with Crippen LogP contribution in [0.1, 0.15) is 42.3 Å². The number of aromatic nitrogens is 2. The molecule has 0 atom stereocenters. The van der Waals surface area contributed by atoms with Gasteiger partial charge in [0.05, 0.1) is 5.54 Å². The molecule has 18 heavy (non-hydrogen) atoms. The van der Waals surface area contributed by atoms with Crippen molar-refractivity contribution in [1.82, 2.24) is 10.1 Å². The number of rotatable bonds is 3. The summed E-state index contributed by atoms with van der Waals surface area (Å²) >= 11 is 1.67. The molecule has 3 rings (SSSR count). The highest BCUT2D eigenvalue weighted by Crippen LogP contribution is 2.34. The summed E-state index contributed by atoms with van der Waals surface area (Å²) in [5.41, 5.74) is 5.90. The van der Waals surface area contributed by atoms with E-state index >= 15 is 0 Å². The zero-order valence-electron chi connectivity index (χ0n) is 10.0. The smallest absolute Gasteiger partial charge is 0.250 e. The van der Waals surface area contributed by atoms with Crippen molar-refractivity contribution in [3.63, 3.8) is 0 Å². The zero-order chi connectivity index (χ0) is 12.4. The summed E-state index contributed by atoms with van der Waals surface area (Å²) in [5, 5.41) is 6.04. The van der Waals surface area contributed by atoms with Crippen LogP contribution in [0.25, 0.3) is 12.2 Å². The Labute approximate surface area is 110 Å². The first-order chi connectivity index (χ1) is 8.76. The van der Waals surface area contributed by atoms with Crippen LogP contribution in [0.5, 0.6) is 0 Å². The van der Waals surface area contributed by atoms with Crippen molar-refractivity contribution in [3.05, 3.63) is 34.1 Å². The SMILES string of the molecule is NC1(c2noc(/C=C/c3cccs3)n2)CCCC1. The van der Waals surface area contributed by atoms with Gasteiger partial charge < -0.3 is 10.3 Å². The van der Waals surface area contributed by atoms with E-state index in [9.17, 15) is 0 Å². The Balaban J connectivity index is 1.77. The molecule has 0 aliphatic heterocycles. The average Bonchev–Trinajstić information content (AvgIpc) is 3.08. The number of nitrogens with two attached hydrogens (primary N) is 1. The van der Waals surface area contributed by atoms with Crippen LogP contribution in [0.15, 0.2) is 22.0 Å². The van der Waals surface area contributed by atoms with Gasteiger partial charge in [0.2, 0.25) is 0 Å². The van der Waals surface area contributed by atoms with Gasteiger partial charge in [-0.2, -0.15) is 4.98 Å². The summed E-state index contributed by atoms with van der Waals surface area (Å²) in [7, 11) is 0. The quantitative estimate of drug-likeness (QED) is 0.922. The fourth-order valence-corrected chi connectivity index (χ4v) is 2.89.